The molecule has 2 N–H and O–H groups in total. The first kappa shape index (κ1) is 13.9. The van der Waals surface area contributed by atoms with Crippen molar-refractivity contribution in [1.29, 1.82) is 5.41 Å². The largest absolute Gasteiger partial charge is 0.462 e. The van der Waals surface area contributed by atoms with Gasteiger partial charge in [-0.2, -0.15) is 0 Å². The SMILES string of the molecule is CCOC(=O)c1cc2c(=O)[nH]n(-c3ccccc3)c2oc1=N. The molecule has 0 amide bonds. The van der Waals surface area contributed by atoms with E-state index in [9.17, 15) is 9.59 Å². The zero-order chi connectivity index (χ0) is 15.7. The van der Waals surface area contributed by atoms with E-state index in [-0.39, 0.29) is 28.8 Å². The van der Waals surface area contributed by atoms with Crippen molar-refractivity contribution in [2.24, 2.45) is 0 Å². The van der Waals surface area contributed by atoms with E-state index < -0.39 is 11.5 Å². The molecule has 7 nitrogen and oxygen atoms in total. The minimum Gasteiger partial charge on any atom is -0.462 e. The lowest BCUT2D eigenvalue weighted by atomic mass is 10.2. The second kappa shape index (κ2) is 5.36. The number of benzene rings is 1. The fourth-order valence-electron chi connectivity index (χ4n) is 2.14. The number of aromatic nitrogens is 2. The van der Waals surface area contributed by atoms with E-state index in [0.717, 1.165) is 0 Å². The average molecular weight is 299 g/mol. The maximum atomic E-state index is 12.1. The first-order valence-electron chi connectivity index (χ1n) is 6.68. The number of nitrogens with one attached hydrogen (secondary N) is 2. The minimum atomic E-state index is -0.690. The number of carbonyl (C=O) groups excluding carboxylic acids is 1. The molecule has 0 aliphatic carbocycles. The average Bonchev–Trinajstić information content (AvgIpc) is 2.84. The van der Waals surface area contributed by atoms with Crippen molar-refractivity contribution in [3.8, 4) is 5.69 Å². The molecule has 2 aromatic heterocycles. The molecule has 0 aliphatic rings. The normalized spacial score (nSPS) is 10.8. The van der Waals surface area contributed by atoms with Crippen LogP contribution in [0, 0.1) is 5.41 Å². The first-order chi connectivity index (χ1) is 10.6. The van der Waals surface area contributed by atoms with E-state index in [0.29, 0.717) is 5.69 Å². The Morgan fingerprint density at radius 3 is 2.77 bits per heavy atom. The third-order valence-corrected chi connectivity index (χ3v) is 3.13. The van der Waals surface area contributed by atoms with Gasteiger partial charge in [-0.15, -0.1) is 0 Å². The molecule has 3 aromatic rings. The van der Waals surface area contributed by atoms with Crippen LogP contribution in [0.3, 0.4) is 0 Å². The van der Waals surface area contributed by atoms with Crippen LogP contribution < -0.4 is 11.1 Å². The summed E-state index contributed by atoms with van der Waals surface area (Å²) in [5.41, 5.74) is 0.0179. The molecule has 0 atom stereocenters. The number of nitrogens with zero attached hydrogens (tertiary/aromatic N) is 1. The zero-order valence-electron chi connectivity index (χ0n) is 11.8. The number of hydrogen-bond donors (Lipinski definition) is 2. The summed E-state index contributed by atoms with van der Waals surface area (Å²) >= 11 is 0. The van der Waals surface area contributed by atoms with Gasteiger partial charge in [0.1, 0.15) is 10.9 Å². The molecule has 0 aliphatic heterocycles. The van der Waals surface area contributed by atoms with E-state index >= 15 is 0 Å². The third-order valence-electron chi connectivity index (χ3n) is 3.13. The standard InChI is InChI=1S/C15H13N3O4/c1-2-21-15(20)10-8-11-13(19)17-18(14(11)22-12(10)16)9-6-4-3-5-7-9/h3-8,16H,2H2,1H3,(H,17,19). The Labute approximate surface area is 124 Å². The van der Waals surface area contributed by atoms with Crippen molar-refractivity contribution in [3.63, 3.8) is 0 Å². The van der Waals surface area contributed by atoms with Gasteiger partial charge in [0, 0.05) is 0 Å². The maximum Gasteiger partial charge on any atom is 0.343 e. The number of H-pyrrole nitrogens is 1. The van der Waals surface area contributed by atoms with Crippen LogP contribution in [0.25, 0.3) is 16.8 Å². The van der Waals surface area contributed by atoms with Crippen molar-refractivity contribution < 1.29 is 13.9 Å². The van der Waals surface area contributed by atoms with E-state index in [1.165, 1.54) is 10.7 Å². The Balaban J connectivity index is 2.25. The lowest BCUT2D eigenvalue weighted by Gasteiger charge is -2.04. The molecule has 0 saturated carbocycles. The summed E-state index contributed by atoms with van der Waals surface area (Å²) in [5, 5.41) is 10.6. The van der Waals surface area contributed by atoms with Crippen LogP contribution in [-0.4, -0.2) is 22.4 Å². The van der Waals surface area contributed by atoms with Gasteiger partial charge in [0.05, 0.1) is 12.3 Å². The van der Waals surface area contributed by atoms with Crippen LogP contribution in [0.15, 0.2) is 45.6 Å². The van der Waals surface area contributed by atoms with Gasteiger partial charge >= 0.3 is 5.97 Å². The van der Waals surface area contributed by atoms with Gasteiger partial charge < -0.3 is 9.15 Å². The summed E-state index contributed by atoms with van der Waals surface area (Å²) in [4.78, 5) is 23.8. The number of ether oxygens (including phenoxy) is 1. The lowest BCUT2D eigenvalue weighted by Crippen LogP contribution is -2.17. The smallest absolute Gasteiger partial charge is 0.343 e. The summed E-state index contributed by atoms with van der Waals surface area (Å²) in [5.74, 6) is -0.690. The molecule has 0 saturated heterocycles. The molecule has 2 heterocycles. The Morgan fingerprint density at radius 1 is 1.36 bits per heavy atom. The number of fused-ring (bicyclic) bond motifs is 1. The molecule has 3 rings (SSSR count). The number of esters is 1. The molecule has 22 heavy (non-hydrogen) atoms. The van der Waals surface area contributed by atoms with E-state index in [1.807, 2.05) is 18.2 Å². The highest BCUT2D eigenvalue weighted by Gasteiger charge is 2.17. The fourth-order valence-corrected chi connectivity index (χ4v) is 2.14. The number of carbonyl (C=O) groups is 1. The summed E-state index contributed by atoms with van der Waals surface area (Å²) < 4.78 is 11.7. The second-order valence-corrected chi connectivity index (χ2v) is 4.54. The van der Waals surface area contributed by atoms with Gasteiger partial charge in [-0.1, -0.05) is 18.2 Å². The van der Waals surface area contributed by atoms with Crippen LogP contribution in [0.5, 0.6) is 0 Å². The Bertz CT molecular complexity index is 950. The van der Waals surface area contributed by atoms with Gasteiger partial charge in [0.2, 0.25) is 11.3 Å². The van der Waals surface area contributed by atoms with Gasteiger partial charge in [0.15, 0.2) is 0 Å². The summed E-state index contributed by atoms with van der Waals surface area (Å²) in [6.45, 7) is 1.84. The van der Waals surface area contributed by atoms with Crippen LogP contribution in [0.1, 0.15) is 17.3 Å². The number of rotatable bonds is 3. The molecule has 7 heteroatoms. The van der Waals surface area contributed by atoms with Crippen LogP contribution in [-0.2, 0) is 4.74 Å². The third kappa shape index (κ3) is 2.22. The topological polar surface area (TPSA) is 101 Å². The van der Waals surface area contributed by atoms with Gasteiger partial charge in [-0.25, -0.2) is 9.48 Å². The summed E-state index contributed by atoms with van der Waals surface area (Å²) in [7, 11) is 0. The van der Waals surface area contributed by atoms with Crippen molar-refractivity contribution in [2.45, 2.75) is 6.92 Å². The van der Waals surface area contributed by atoms with Gasteiger partial charge in [-0.3, -0.25) is 15.3 Å². The molecule has 1 aromatic carbocycles. The Kier molecular flexibility index (Phi) is 3.38. The molecule has 0 fully saturated rings. The predicted molar refractivity (Wildman–Crippen MR) is 78.0 cm³/mol. The minimum absolute atomic E-state index is 0.0781. The second-order valence-electron chi connectivity index (χ2n) is 4.54. The van der Waals surface area contributed by atoms with Crippen LogP contribution in [0.2, 0.25) is 0 Å². The molecule has 0 bridgehead atoms. The number of para-hydroxylation sites is 1. The van der Waals surface area contributed by atoms with Gasteiger partial charge in [-0.05, 0) is 25.1 Å². The van der Waals surface area contributed by atoms with Crippen LogP contribution >= 0.6 is 0 Å². The molecule has 0 radical (unpaired) electrons. The highest BCUT2D eigenvalue weighted by molar-refractivity contribution is 5.92. The molecule has 112 valence electrons. The highest BCUT2D eigenvalue weighted by atomic mass is 16.5. The zero-order valence-corrected chi connectivity index (χ0v) is 11.8. The maximum absolute atomic E-state index is 12.1. The van der Waals surface area contributed by atoms with Crippen molar-refractivity contribution in [3.05, 3.63) is 57.9 Å². The van der Waals surface area contributed by atoms with Crippen molar-refractivity contribution >= 4 is 17.1 Å². The first-order valence-corrected chi connectivity index (χ1v) is 6.68. The number of aromatic amines is 1. The highest BCUT2D eigenvalue weighted by Crippen LogP contribution is 2.15. The van der Waals surface area contributed by atoms with E-state index in [4.69, 9.17) is 14.6 Å². The summed E-state index contributed by atoms with van der Waals surface area (Å²) in [6, 6.07) is 10.4. The van der Waals surface area contributed by atoms with Crippen LogP contribution in [0.4, 0.5) is 0 Å². The molecular formula is C15H13N3O4. The fraction of sp³-hybridized carbons (Fsp3) is 0.133. The van der Waals surface area contributed by atoms with Gasteiger partial charge in [0.25, 0.3) is 5.56 Å². The van der Waals surface area contributed by atoms with Crippen molar-refractivity contribution in [1.82, 2.24) is 9.78 Å². The quantitative estimate of drug-likeness (QED) is 0.717. The monoisotopic (exact) mass is 299 g/mol. The Hall–Kier alpha value is -3.09. The van der Waals surface area contributed by atoms with E-state index in [2.05, 4.69) is 5.10 Å². The lowest BCUT2D eigenvalue weighted by molar-refractivity contribution is 0.0520. The van der Waals surface area contributed by atoms with Crippen molar-refractivity contribution in [2.75, 3.05) is 6.61 Å². The molecular weight excluding hydrogens is 286 g/mol. The Morgan fingerprint density at radius 2 is 2.09 bits per heavy atom. The summed E-state index contributed by atoms with van der Waals surface area (Å²) in [6.07, 6.45) is 0. The molecule has 0 unspecified atom stereocenters. The van der Waals surface area contributed by atoms with E-state index in [1.54, 1.807) is 19.1 Å². The predicted octanol–water partition coefficient (Wildman–Crippen LogP) is 1.57. The molecule has 0 spiro atoms. The number of hydrogen-bond acceptors (Lipinski definition) is 5.